The van der Waals surface area contributed by atoms with Gasteiger partial charge in [-0.15, -0.1) is 0 Å². The summed E-state index contributed by atoms with van der Waals surface area (Å²) in [5.74, 6) is 2.48. The van der Waals surface area contributed by atoms with E-state index in [0.29, 0.717) is 17.0 Å². The van der Waals surface area contributed by atoms with E-state index in [-0.39, 0.29) is 5.54 Å². The maximum atomic E-state index is 9.55. The Balaban J connectivity index is 1.13. The van der Waals surface area contributed by atoms with Gasteiger partial charge < -0.3 is 4.90 Å². The van der Waals surface area contributed by atoms with E-state index in [1.165, 1.54) is 37.7 Å². The first-order valence-corrected chi connectivity index (χ1v) is 12.6. The lowest BCUT2D eigenvalue weighted by Gasteiger charge is -2.57. The number of likely N-dealkylation sites (tertiary alicyclic amines) is 1. The summed E-state index contributed by atoms with van der Waals surface area (Å²) in [6.07, 6.45) is 7.06. The van der Waals surface area contributed by atoms with E-state index in [2.05, 4.69) is 52.3 Å². The van der Waals surface area contributed by atoms with Crippen LogP contribution in [-0.2, 0) is 0 Å². The molecule has 0 bridgehead atoms. The Hall–Kier alpha value is -2.53. The van der Waals surface area contributed by atoms with E-state index >= 15 is 0 Å². The summed E-state index contributed by atoms with van der Waals surface area (Å²) in [6.45, 7) is 3.74. The molecule has 0 spiro atoms. The van der Waals surface area contributed by atoms with Crippen molar-refractivity contribution < 1.29 is 0 Å². The highest BCUT2D eigenvalue weighted by molar-refractivity contribution is 6.32. The van der Waals surface area contributed by atoms with Crippen LogP contribution in [0.25, 0.3) is 0 Å². The van der Waals surface area contributed by atoms with Crippen molar-refractivity contribution in [3.63, 3.8) is 0 Å². The molecule has 170 valence electrons. The van der Waals surface area contributed by atoms with Crippen LogP contribution in [0.2, 0.25) is 5.02 Å². The maximum Gasteiger partial charge on any atom is 0.103 e. The van der Waals surface area contributed by atoms with Gasteiger partial charge in [0.2, 0.25) is 0 Å². The van der Waals surface area contributed by atoms with Gasteiger partial charge >= 0.3 is 0 Å². The van der Waals surface area contributed by atoms with Crippen LogP contribution in [0, 0.1) is 34.5 Å². The Bertz CT molecular complexity index is 1060. The van der Waals surface area contributed by atoms with E-state index in [4.69, 9.17) is 11.6 Å². The summed E-state index contributed by atoms with van der Waals surface area (Å²) in [4.78, 5) is 4.77. The van der Waals surface area contributed by atoms with E-state index < -0.39 is 0 Å². The van der Waals surface area contributed by atoms with Crippen LogP contribution in [0.15, 0.2) is 48.5 Å². The average Bonchev–Trinajstić information content (AvgIpc) is 3.60. The van der Waals surface area contributed by atoms with Crippen LogP contribution in [0.4, 0.5) is 5.69 Å². The van der Waals surface area contributed by atoms with Gasteiger partial charge in [0.1, 0.15) is 6.07 Å². The van der Waals surface area contributed by atoms with Crippen molar-refractivity contribution in [2.75, 3.05) is 31.1 Å². The third kappa shape index (κ3) is 4.48. The fraction of sp³-hybridized carbons (Fsp3) is 0.500. The average molecular weight is 459 g/mol. The van der Waals surface area contributed by atoms with Gasteiger partial charge in [-0.2, -0.15) is 10.5 Å². The summed E-state index contributed by atoms with van der Waals surface area (Å²) in [7, 11) is 0. The van der Waals surface area contributed by atoms with Crippen molar-refractivity contribution in [1.82, 2.24) is 4.90 Å². The molecule has 0 aromatic heterocycles. The molecule has 0 N–H and O–H groups in total. The van der Waals surface area contributed by atoms with Crippen molar-refractivity contribution in [2.45, 2.75) is 50.0 Å². The quantitative estimate of drug-likeness (QED) is 0.512. The minimum Gasteiger partial charge on any atom is -0.366 e. The highest BCUT2D eigenvalue weighted by Gasteiger charge is 2.49. The Morgan fingerprint density at radius 1 is 0.970 bits per heavy atom. The normalized spacial score (nSPS) is 24.5. The second-order valence-electron chi connectivity index (χ2n) is 10.2. The Morgan fingerprint density at radius 3 is 2.42 bits per heavy atom. The van der Waals surface area contributed by atoms with Gasteiger partial charge in [0.25, 0.3) is 0 Å². The first-order chi connectivity index (χ1) is 16.1. The van der Waals surface area contributed by atoms with Crippen LogP contribution in [-0.4, -0.2) is 36.6 Å². The van der Waals surface area contributed by atoms with Crippen LogP contribution < -0.4 is 4.90 Å². The van der Waals surface area contributed by atoms with Gasteiger partial charge in [-0.05, 0) is 74.2 Å². The SMILES string of the molecule is N#CCC1(N2CCC(CCC3CC3c3ccccc3)CC2)CN(c2cccc(Cl)c2C#N)C1. The number of nitrogens with zero attached hydrogens (tertiary/aromatic N) is 4. The molecule has 2 aromatic rings. The predicted octanol–water partition coefficient (Wildman–Crippen LogP) is 5.98. The number of nitriles is 2. The maximum absolute atomic E-state index is 9.55. The van der Waals surface area contributed by atoms with E-state index in [0.717, 1.165) is 49.6 Å². The molecule has 2 aliphatic heterocycles. The van der Waals surface area contributed by atoms with E-state index in [9.17, 15) is 10.5 Å². The van der Waals surface area contributed by atoms with Crippen LogP contribution in [0.3, 0.4) is 0 Å². The summed E-state index contributed by atoms with van der Waals surface area (Å²) in [6, 6.07) is 21.3. The number of halogens is 1. The van der Waals surface area contributed by atoms with E-state index in [1.807, 2.05) is 12.1 Å². The molecule has 5 heteroatoms. The fourth-order valence-corrected chi connectivity index (χ4v) is 6.32. The number of hydrogen-bond acceptors (Lipinski definition) is 4. The third-order valence-electron chi connectivity index (χ3n) is 8.20. The van der Waals surface area contributed by atoms with Crippen LogP contribution >= 0.6 is 11.6 Å². The second-order valence-corrected chi connectivity index (χ2v) is 10.6. The summed E-state index contributed by atoms with van der Waals surface area (Å²) >= 11 is 6.24. The lowest BCUT2D eigenvalue weighted by molar-refractivity contribution is 0.0282. The lowest BCUT2D eigenvalue weighted by atomic mass is 9.80. The molecule has 2 heterocycles. The van der Waals surface area contributed by atoms with Gasteiger partial charge in [0, 0.05) is 13.1 Å². The minimum absolute atomic E-state index is 0.0936. The topological polar surface area (TPSA) is 54.1 Å². The van der Waals surface area contributed by atoms with E-state index in [1.54, 1.807) is 6.07 Å². The molecule has 0 radical (unpaired) electrons. The monoisotopic (exact) mass is 458 g/mol. The van der Waals surface area contributed by atoms with Crippen molar-refractivity contribution in [2.24, 2.45) is 11.8 Å². The lowest BCUT2D eigenvalue weighted by Crippen LogP contribution is -2.71. The summed E-state index contributed by atoms with van der Waals surface area (Å²) in [5, 5.41) is 19.6. The summed E-state index contributed by atoms with van der Waals surface area (Å²) < 4.78 is 0. The van der Waals surface area contributed by atoms with Crippen LogP contribution in [0.5, 0.6) is 0 Å². The molecular weight excluding hydrogens is 428 g/mol. The zero-order valence-electron chi connectivity index (χ0n) is 19.1. The molecule has 3 fully saturated rings. The number of piperidine rings is 1. The Labute approximate surface area is 202 Å². The van der Waals surface area contributed by atoms with Crippen LogP contribution in [0.1, 0.15) is 55.6 Å². The van der Waals surface area contributed by atoms with Crippen molar-refractivity contribution >= 4 is 17.3 Å². The third-order valence-corrected chi connectivity index (χ3v) is 8.52. The number of benzene rings is 2. The molecule has 2 aromatic carbocycles. The molecule has 0 amide bonds. The minimum atomic E-state index is -0.0936. The number of anilines is 1. The van der Waals surface area contributed by atoms with Gasteiger partial charge in [-0.25, -0.2) is 0 Å². The molecule has 1 aliphatic carbocycles. The summed E-state index contributed by atoms with van der Waals surface area (Å²) in [5.41, 5.74) is 2.86. The van der Waals surface area contributed by atoms with Gasteiger partial charge in [-0.3, -0.25) is 4.90 Å². The highest BCUT2D eigenvalue weighted by atomic mass is 35.5. The molecular formula is C28H31ClN4. The largest absolute Gasteiger partial charge is 0.366 e. The van der Waals surface area contributed by atoms with Crippen molar-refractivity contribution in [3.05, 3.63) is 64.7 Å². The molecule has 33 heavy (non-hydrogen) atoms. The second kappa shape index (κ2) is 9.38. The molecule has 5 rings (SSSR count). The van der Waals surface area contributed by atoms with Gasteiger partial charge in [0.15, 0.2) is 0 Å². The van der Waals surface area contributed by atoms with Crippen molar-refractivity contribution in [3.8, 4) is 12.1 Å². The smallest absolute Gasteiger partial charge is 0.103 e. The molecule has 3 aliphatic rings. The molecule has 4 nitrogen and oxygen atoms in total. The zero-order valence-corrected chi connectivity index (χ0v) is 19.8. The Kier molecular flexibility index (Phi) is 6.33. The fourth-order valence-electron chi connectivity index (χ4n) is 6.11. The highest BCUT2D eigenvalue weighted by Crippen LogP contribution is 2.51. The standard InChI is InChI=1S/C28H31ClN4/c29-26-7-4-8-27(25(26)18-31)32-19-28(20-32,13-14-30)33-15-11-21(12-16-33)9-10-23-17-24(23)22-5-2-1-3-6-22/h1-8,21,23-24H,9-13,15-17,19-20H2. The van der Waals surface area contributed by atoms with Crippen molar-refractivity contribution in [1.29, 1.82) is 10.5 Å². The predicted molar refractivity (Wildman–Crippen MR) is 132 cm³/mol. The number of rotatable bonds is 7. The Morgan fingerprint density at radius 2 is 1.73 bits per heavy atom. The molecule has 2 atom stereocenters. The first-order valence-electron chi connectivity index (χ1n) is 12.2. The van der Waals surface area contributed by atoms with Gasteiger partial charge in [0.05, 0.1) is 34.3 Å². The molecule has 1 saturated carbocycles. The molecule has 2 saturated heterocycles. The first kappa shape index (κ1) is 22.3. The van der Waals surface area contributed by atoms with Gasteiger partial charge in [-0.1, -0.05) is 54.4 Å². The molecule has 2 unspecified atom stereocenters. The zero-order chi connectivity index (χ0) is 22.8. The number of hydrogen-bond donors (Lipinski definition) is 0.